The number of aryl methyl sites for hydroxylation is 1. The number of nitrogens with one attached hydrogen (secondary N) is 1. The molecular formula is C14H21N3O3. The van der Waals surface area contributed by atoms with Crippen LogP contribution in [0.15, 0.2) is 12.3 Å². The Balaban J connectivity index is 1.89. The summed E-state index contributed by atoms with van der Waals surface area (Å²) in [4.78, 5) is 23.9. The van der Waals surface area contributed by atoms with Crippen molar-refractivity contribution in [3.05, 3.63) is 18.0 Å². The highest BCUT2D eigenvalue weighted by molar-refractivity contribution is 5.92. The summed E-state index contributed by atoms with van der Waals surface area (Å²) in [5, 5.41) is 2.91. The molecule has 2 rings (SSSR count). The maximum atomic E-state index is 12.0. The van der Waals surface area contributed by atoms with Gasteiger partial charge in [-0.1, -0.05) is 12.8 Å². The first-order valence-corrected chi connectivity index (χ1v) is 6.90. The van der Waals surface area contributed by atoms with Gasteiger partial charge in [0.15, 0.2) is 6.10 Å². The number of carbonyl (C=O) groups is 2. The Morgan fingerprint density at radius 3 is 2.65 bits per heavy atom. The van der Waals surface area contributed by atoms with E-state index in [0.29, 0.717) is 11.4 Å². The van der Waals surface area contributed by atoms with Gasteiger partial charge in [0.1, 0.15) is 5.69 Å². The molecule has 1 saturated carbocycles. The smallest absolute Gasteiger partial charge is 0.355 e. The van der Waals surface area contributed by atoms with E-state index < -0.39 is 12.1 Å². The van der Waals surface area contributed by atoms with Crippen LogP contribution < -0.4 is 11.1 Å². The van der Waals surface area contributed by atoms with E-state index in [-0.39, 0.29) is 11.9 Å². The van der Waals surface area contributed by atoms with Crippen molar-refractivity contribution in [3.63, 3.8) is 0 Å². The number of rotatable bonds is 4. The second-order valence-electron chi connectivity index (χ2n) is 5.31. The number of carbonyl (C=O) groups excluding carboxylic acids is 2. The number of hydrogen-bond acceptors (Lipinski definition) is 4. The van der Waals surface area contributed by atoms with Crippen LogP contribution >= 0.6 is 0 Å². The summed E-state index contributed by atoms with van der Waals surface area (Å²) >= 11 is 0. The molecule has 0 bridgehead atoms. The van der Waals surface area contributed by atoms with Gasteiger partial charge >= 0.3 is 5.97 Å². The van der Waals surface area contributed by atoms with Gasteiger partial charge in [0.25, 0.3) is 5.91 Å². The van der Waals surface area contributed by atoms with E-state index in [9.17, 15) is 9.59 Å². The van der Waals surface area contributed by atoms with Gasteiger partial charge in [-0.2, -0.15) is 0 Å². The molecule has 1 unspecified atom stereocenters. The number of esters is 1. The number of anilines is 1. The van der Waals surface area contributed by atoms with Crippen LogP contribution in [0.3, 0.4) is 0 Å². The first-order chi connectivity index (χ1) is 9.47. The molecule has 0 aromatic carbocycles. The Hall–Kier alpha value is -1.98. The van der Waals surface area contributed by atoms with Crippen molar-refractivity contribution in [2.75, 3.05) is 5.73 Å². The maximum absolute atomic E-state index is 12.0. The van der Waals surface area contributed by atoms with Crippen molar-refractivity contribution in [3.8, 4) is 0 Å². The fourth-order valence-corrected chi connectivity index (χ4v) is 2.46. The SMILES string of the molecule is CC(OC(=O)c1cc(N)cn1C)C(=O)NC1CCCC1. The Morgan fingerprint density at radius 2 is 2.10 bits per heavy atom. The molecule has 6 nitrogen and oxygen atoms in total. The third-order valence-electron chi connectivity index (χ3n) is 3.59. The largest absolute Gasteiger partial charge is 0.448 e. The second kappa shape index (κ2) is 5.98. The highest BCUT2D eigenvalue weighted by Gasteiger charge is 2.24. The quantitative estimate of drug-likeness (QED) is 0.811. The van der Waals surface area contributed by atoms with Crippen molar-refractivity contribution in [1.82, 2.24) is 9.88 Å². The molecule has 1 aromatic heterocycles. The van der Waals surface area contributed by atoms with Crippen molar-refractivity contribution in [2.24, 2.45) is 7.05 Å². The maximum Gasteiger partial charge on any atom is 0.355 e. The minimum absolute atomic E-state index is 0.217. The molecule has 1 atom stereocenters. The number of nitrogens with two attached hydrogens (primary N) is 1. The van der Waals surface area contributed by atoms with Crippen LogP contribution in [0, 0.1) is 0 Å². The minimum Gasteiger partial charge on any atom is -0.448 e. The lowest BCUT2D eigenvalue weighted by Gasteiger charge is -2.17. The molecule has 0 spiro atoms. The summed E-state index contributed by atoms with van der Waals surface area (Å²) in [6.07, 6.45) is 5.10. The molecule has 1 amide bonds. The van der Waals surface area contributed by atoms with Gasteiger partial charge in [-0.05, 0) is 25.8 Å². The highest BCUT2D eigenvalue weighted by atomic mass is 16.5. The van der Waals surface area contributed by atoms with Crippen LogP contribution in [-0.2, 0) is 16.6 Å². The van der Waals surface area contributed by atoms with Gasteiger partial charge < -0.3 is 20.4 Å². The van der Waals surface area contributed by atoms with E-state index in [0.717, 1.165) is 25.7 Å². The molecule has 1 aliphatic rings. The highest BCUT2D eigenvalue weighted by Crippen LogP contribution is 2.18. The minimum atomic E-state index is -0.806. The summed E-state index contributed by atoms with van der Waals surface area (Å²) in [6.45, 7) is 1.58. The molecule has 1 heterocycles. The van der Waals surface area contributed by atoms with E-state index in [2.05, 4.69) is 5.32 Å². The predicted octanol–water partition coefficient (Wildman–Crippen LogP) is 1.21. The number of aromatic nitrogens is 1. The monoisotopic (exact) mass is 279 g/mol. The van der Waals surface area contributed by atoms with Crippen LogP contribution in [-0.4, -0.2) is 28.6 Å². The van der Waals surface area contributed by atoms with Crippen molar-refractivity contribution >= 4 is 17.6 Å². The summed E-state index contributed by atoms with van der Waals surface area (Å²) in [5.41, 5.74) is 6.43. The number of amides is 1. The van der Waals surface area contributed by atoms with Crippen LogP contribution in [0.4, 0.5) is 5.69 Å². The summed E-state index contributed by atoms with van der Waals surface area (Å²) < 4.78 is 6.76. The fourth-order valence-electron chi connectivity index (χ4n) is 2.46. The molecule has 110 valence electrons. The second-order valence-corrected chi connectivity index (χ2v) is 5.31. The van der Waals surface area contributed by atoms with Gasteiger partial charge in [0, 0.05) is 19.3 Å². The third-order valence-corrected chi connectivity index (χ3v) is 3.59. The van der Waals surface area contributed by atoms with Crippen molar-refractivity contribution in [1.29, 1.82) is 0 Å². The zero-order valence-electron chi connectivity index (χ0n) is 11.9. The van der Waals surface area contributed by atoms with Crippen molar-refractivity contribution in [2.45, 2.75) is 44.8 Å². The van der Waals surface area contributed by atoms with Crippen molar-refractivity contribution < 1.29 is 14.3 Å². The molecule has 1 aromatic rings. The number of nitrogens with zero attached hydrogens (tertiary/aromatic N) is 1. The number of nitrogen functional groups attached to an aromatic ring is 1. The molecule has 0 saturated heterocycles. The zero-order chi connectivity index (χ0) is 14.7. The van der Waals surface area contributed by atoms with Gasteiger partial charge in [0.05, 0.1) is 5.69 Å². The topological polar surface area (TPSA) is 86.3 Å². The van der Waals surface area contributed by atoms with Gasteiger partial charge in [0.2, 0.25) is 0 Å². The molecule has 3 N–H and O–H groups in total. The average Bonchev–Trinajstić information content (AvgIpc) is 2.98. The molecule has 1 aliphatic carbocycles. The Bertz CT molecular complexity index is 504. The Kier molecular flexibility index (Phi) is 4.32. The summed E-state index contributed by atoms with van der Waals surface area (Å²) in [6, 6.07) is 1.75. The number of ether oxygens (including phenoxy) is 1. The zero-order valence-corrected chi connectivity index (χ0v) is 11.9. The Labute approximate surface area is 118 Å². The summed E-state index contributed by atoms with van der Waals surface area (Å²) in [5.74, 6) is -0.786. The number of hydrogen-bond donors (Lipinski definition) is 2. The first kappa shape index (κ1) is 14.4. The van der Waals surface area contributed by atoms with Gasteiger partial charge in [-0.15, -0.1) is 0 Å². The van der Waals surface area contributed by atoms with E-state index in [1.807, 2.05) is 0 Å². The lowest BCUT2D eigenvalue weighted by molar-refractivity contribution is -0.129. The van der Waals surface area contributed by atoms with Crippen LogP contribution in [0.1, 0.15) is 43.1 Å². The predicted molar refractivity (Wildman–Crippen MR) is 75.1 cm³/mol. The third kappa shape index (κ3) is 3.31. The lowest BCUT2D eigenvalue weighted by Crippen LogP contribution is -2.41. The van der Waals surface area contributed by atoms with Gasteiger partial charge in [-0.3, -0.25) is 4.79 Å². The van der Waals surface area contributed by atoms with Crippen LogP contribution in [0.2, 0.25) is 0 Å². The summed E-state index contributed by atoms with van der Waals surface area (Å²) in [7, 11) is 1.70. The van der Waals surface area contributed by atoms with E-state index in [1.165, 1.54) is 6.07 Å². The molecule has 0 aliphatic heterocycles. The average molecular weight is 279 g/mol. The molecule has 1 fully saturated rings. The first-order valence-electron chi connectivity index (χ1n) is 6.90. The van der Waals surface area contributed by atoms with Crippen LogP contribution in [0.5, 0.6) is 0 Å². The van der Waals surface area contributed by atoms with E-state index in [4.69, 9.17) is 10.5 Å². The lowest BCUT2D eigenvalue weighted by atomic mass is 10.2. The standard InChI is InChI=1S/C14H21N3O3/c1-9(13(18)16-11-5-3-4-6-11)20-14(19)12-7-10(15)8-17(12)2/h7-9,11H,3-6,15H2,1-2H3,(H,16,18). The molecule has 20 heavy (non-hydrogen) atoms. The Morgan fingerprint density at radius 1 is 1.45 bits per heavy atom. The van der Waals surface area contributed by atoms with E-state index in [1.54, 1.807) is 24.7 Å². The normalized spacial score (nSPS) is 16.9. The van der Waals surface area contributed by atoms with Crippen LogP contribution in [0.25, 0.3) is 0 Å². The van der Waals surface area contributed by atoms with E-state index >= 15 is 0 Å². The fraction of sp³-hybridized carbons (Fsp3) is 0.571. The molecular weight excluding hydrogens is 258 g/mol. The van der Waals surface area contributed by atoms with Gasteiger partial charge in [-0.25, -0.2) is 4.79 Å². The molecule has 6 heteroatoms. The molecule has 0 radical (unpaired) electrons.